The van der Waals surface area contributed by atoms with Crippen molar-refractivity contribution in [1.82, 2.24) is 5.32 Å². The van der Waals surface area contributed by atoms with E-state index in [1.165, 1.54) is 0 Å². The van der Waals surface area contributed by atoms with Gasteiger partial charge >= 0.3 is 0 Å². The Balaban J connectivity index is 2.41. The Labute approximate surface area is 89.4 Å². The van der Waals surface area contributed by atoms with Crippen molar-refractivity contribution in [3.05, 3.63) is 30.3 Å². The maximum atomic E-state index is 11.4. The second kappa shape index (κ2) is 6.03. The Morgan fingerprint density at radius 2 is 2.13 bits per heavy atom. The quantitative estimate of drug-likeness (QED) is 0.741. The Morgan fingerprint density at radius 1 is 1.47 bits per heavy atom. The fraction of sp³-hybridized carbons (Fsp3) is 0.364. The predicted octanol–water partition coefficient (Wildman–Crippen LogP) is 0.529. The standard InChI is InChI=1S/C11H16N2O2/c1-9(11(14)13-8-7-12)15-10-5-3-2-4-6-10/h2-6,9H,7-8,12H2,1H3,(H,13,14). The molecule has 82 valence electrons. The molecule has 0 radical (unpaired) electrons. The molecule has 0 aromatic heterocycles. The van der Waals surface area contributed by atoms with Crippen LogP contribution in [-0.2, 0) is 4.79 Å². The third-order valence-electron chi connectivity index (χ3n) is 1.87. The van der Waals surface area contributed by atoms with Crippen LogP contribution in [0.1, 0.15) is 6.92 Å². The molecule has 0 saturated carbocycles. The summed E-state index contributed by atoms with van der Waals surface area (Å²) in [5.74, 6) is 0.539. The highest BCUT2D eigenvalue weighted by Gasteiger charge is 2.12. The lowest BCUT2D eigenvalue weighted by molar-refractivity contribution is -0.127. The molecule has 4 heteroatoms. The molecule has 0 aliphatic heterocycles. The molecule has 0 bridgehead atoms. The summed E-state index contributed by atoms with van der Waals surface area (Å²) in [4.78, 5) is 11.4. The number of rotatable bonds is 5. The fourth-order valence-corrected chi connectivity index (χ4v) is 1.10. The lowest BCUT2D eigenvalue weighted by atomic mass is 10.3. The van der Waals surface area contributed by atoms with Gasteiger partial charge in [0.05, 0.1) is 0 Å². The van der Waals surface area contributed by atoms with Crippen LogP contribution in [0.15, 0.2) is 30.3 Å². The number of hydrogen-bond donors (Lipinski definition) is 2. The largest absolute Gasteiger partial charge is 0.481 e. The number of nitrogens with two attached hydrogens (primary N) is 1. The van der Waals surface area contributed by atoms with Crippen LogP contribution in [0, 0.1) is 0 Å². The van der Waals surface area contributed by atoms with E-state index in [0.29, 0.717) is 18.8 Å². The summed E-state index contributed by atoms with van der Waals surface area (Å²) in [6, 6.07) is 9.24. The van der Waals surface area contributed by atoms with Crippen LogP contribution in [0.25, 0.3) is 0 Å². The van der Waals surface area contributed by atoms with Crippen molar-refractivity contribution in [2.24, 2.45) is 5.73 Å². The van der Waals surface area contributed by atoms with Gasteiger partial charge < -0.3 is 15.8 Å². The van der Waals surface area contributed by atoms with E-state index in [0.717, 1.165) is 0 Å². The number of nitrogens with one attached hydrogen (secondary N) is 1. The van der Waals surface area contributed by atoms with Crippen molar-refractivity contribution in [2.45, 2.75) is 13.0 Å². The molecule has 0 fully saturated rings. The molecular formula is C11H16N2O2. The van der Waals surface area contributed by atoms with Crippen molar-refractivity contribution in [1.29, 1.82) is 0 Å². The van der Waals surface area contributed by atoms with Gasteiger partial charge in [-0.25, -0.2) is 0 Å². The van der Waals surface area contributed by atoms with Crippen LogP contribution in [0.2, 0.25) is 0 Å². The number of hydrogen-bond acceptors (Lipinski definition) is 3. The summed E-state index contributed by atoms with van der Waals surface area (Å²) in [7, 11) is 0. The summed E-state index contributed by atoms with van der Waals surface area (Å²) in [5, 5.41) is 2.66. The van der Waals surface area contributed by atoms with E-state index in [4.69, 9.17) is 10.5 Å². The maximum absolute atomic E-state index is 11.4. The summed E-state index contributed by atoms with van der Waals surface area (Å²) in [6.07, 6.45) is -0.501. The minimum atomic E-state index is -0.501. The Hall–Kier alpha value is -1.55. The molecule has 1 aromatic rings. The van der Waals surface area contributed by atoms with Crippen molar-refractivity contribution in [3.63, 3.8) is 0 Å². The van der Waals surface area contributed by atoms with Crippen molar-refractivity contribution in [3.8, 4) is 5.75 Å². The highest BCUT2D eigenvalue weighted by Crippen LogP contribution is 2.10. The third-order valence-corrected chi connectivity index (χ3v) is 1.87. The highest BCUT2D eigenvalue weighted by atomic mass is 16.5. The number of benzene rings is 1. The lowest BCUT2D eigenvalue weighted by Gasteiger charge is -2.14. The van der Waals surface area contributed by atoms with E-state index in [1.807, 2.05) is 30.3 Å². The van der Waals surface area contributed by atoms with Crippen molar-refractivity contribution in [2.75, 3.05) is 13.1 Å². The fourth-order valence-electron chi connectivity index (χ4n) is 1.10. The first kappa shape index (κ1) is 11.5. The average molecular weight is 208 g/mol. The van der Waals surface area contributed by atoms with Gasteiger partial charge in [0.15, 0.2) is 6.10 Å². The van der Waals surface area contributed by atoms with E-state index in [1.54, 1.807) is 6.92 Å². The Kier molecular flexibility index (Phi) is 4.63. The summed E-state index contributed by atoms with van der Waals surface area (Å²) < 4.78 is 5.42. The average Bonchev–Trinajstić information content (AvgIpc) is 2.27. The Morgan fingerprint density at radius 3 is 2.73 bits per heavy atom. The molecule has 1 aromatic carbocycles. The molecule has 0 spiro atoms. The van der Waals surface area contributed by atoms with Gasteiger partial charge in [0.25, 0.3) is 5.91 Å². The number of carbonyl (C=O) groups is 1. The first-order chi connectivity index (χ1) is 7.24. The Bertz CT molecular complexity index is 301. The molecule has 1 amide bonds. The van der Waals surface area contributed by atoms with E-state index in [-0.39, 0.29) is 5.91 Å². The zero-order valence-corrected chi connectivity index (χ0v) is 8.77. The first-order valence-electron chi connectivity index (χ1n) is 4.93. The molecule has 1 unspecified atom stereocenters. The topological polar surface area (TPSA) is 64.3 Å². The van der Waals surface area contributed by atoms with Crippen LogP contribution in [-0.4, -0.2) is 25.1 Å². The second-order valence-electron chi connectivity index (χ2n) is 3.15. The van der Waals surface area contributed by atoms with E-state index < -0.39 is 6.10 Å². The molecule has 3 N–H and O–H groups in total. The first-order valence-corrected chi connectivity index (χ1v) is 4.93. The van der Waals surface area contributed by atoms with Gasteiger partial charge in [-0.2, -0.15) is 0 Å². The predicted molar refractivity (Wildman–Crippen MR) is 58.6 cm³/mol. The van der Waals surface area contributed by atoms with E-state index in [9.17, 15) is 4.79 Å². The molecular weight excluding hydrogens is 192 g/mol. The van der Waals surface area contributed by atoms with Gasteiger partial charge in [-0.3, -0.25) is 4.79 Å². The normalized spacial score (nSPS) is 11.9. The summed E-state index contributed by atoms with van der Waals surface area (Å²) in [5.41, 5.74) is 5.27. The number of ether oxygens (including phenoxy) is 1. The highest BCUT2D eigenvalue weighted by molar-refractivity contribution is 5.80. The number of amides is 1. The van der Waals surface area contributed by atoms with Crippen LogP contribution in [0.5, 0.6) is 5.75 Å². The minimum absolute atomic E-state index is 0.149. The lowest BCUT2D eigenvalue weighted by Crippen LogP contribution is -2.38. The van der Waals surface area contributed by atoms with Crippen LogP contribution in [0.3, 0.4) is 0 Å². The van der Waals surface area contributed by atoms with Gasteiger partial charge in [-0.15, -0.1) is 0 Å². The monoisotopic (exact) mass is 208 g/mol. The smallest absolute Gasteiger partial charge is 0.260 e. The molecule has 4 nitrogen and oxygen atoms in total. The van der Waals surface area contributed by atoms with Gasteiger partial charge in [0.2, 0.25) is 0 Å². The van der Waals surface area contributed by atoms with Gasteiger partial charge in [-0.05, 0) is 19.1 Å². The second-order valence-corrected chi connectivity index (χ2v) is 3.15. The zero-order chi connectivity index (χ0) is 11.1. The number of para-hydroxylation sites is 1. The molecule has 0 aliphatic rings. The molecule has 0 saturated heterocycles. The summed E-state index contributed by atoms with van der Waals surface area (Å²) >= 11 is 0. The molecule has 1 rings (SSSR count). The zero-order valence-electron chi connectivity index (χ0n) is 8.77. The van der Waals surface area contributed by atoms with Gasteiger partial charge in [-0.1, -0.05) is 18.2 Å². The van der Waals surface area contributed by atoms with E-state index in [2.05, 4.69) is 5.32 Å². The maximum Gasteiger partial charge on any atom is 0.260 e. The number of carbonyl (C=O) groups excluding carboxylic acids is 1. The van der Waals surface area contributed by atoms with Crippen LogP contribution < -0.4 is 15.8 Å². The van der Waals surface area contributed by atoms with Gasteiger partial charge in [0.1, 0.15) is 5.75 Å². The van der Waals surface area contributed by atoms with E-state index >= 15 is 0 Å². The molecule has 0 heterocycles. The van der Waals surface area contributed by atoms with Crippen LogP contribution >= 0.6 is 0 Å². The van der Waals surface area contributed by atoms with Crippen molar-refractivity contribution < 1.29 is 9.53 Å². The molecule has 1 atom stereocenters. The third kappa shape index (κ3) is 3.99. The SMILES string of the molecule is CC(Oc1ccccc1)C(=O)NCCN. The van der Waals surface area contributed by atoms with Crippen molar-refractivity contribution >= 4 is 5.91 Å². The molecule has 0 aliphatic carbocycles. The minimum Gasteiger partial charge on any atom is -0.481 e. The summed E-state index contributed by atoms with van der Waals surface area (Å²) in [6.45, 7) is 2.62. The molecule has 15 heavy (non-hydrogen) atoms. The van der Waals surface area contributed by atoms with Gasteiger partial charge in [0, 0.05) is 13.1 Å². The van der Waals surface area contributed by atoms with Crippen LogP contribution in [0.4, 0.5) is 0 Å².